The van der Waals surface area contributed by atoms with Gasteiger partial charge in [-0.25, -0.2) is 15.0 Å². The molecule has 0 aliphatic heterocycles. The van der Waals surface area contributed by atoms with E-state index >= 15 is 0 Å². The fourth-order valence-corrected chi connectivity index (χ4v) is 1.54. The van der Waals surface area contributed by atoms with E-state index in [1.807, 2.05) is 11.9 Å². The summed E-state index contributed by atoms with van der Waals surface area (Å²) in [4.78, 5) is 8.17. The van der Waals surface area contributed by atoms with Crippen molar-refractivity contribution in [3.05, 3.63) is 58.4 Å². The Morgan fingerprint density at radius 3 is 2.37 bits per heavy atom. The first kappa shape index (κ1) is 14.3. The maximum absolute atomic E-state index is 8.86. The zero-order valence-corrected chi connectivity index (χ0v) is 10.5. The van der Waals surface area contributed by atoms with Gasteiger partial charge in [-0.15, -0.1) is 0 Å². The highest BCUT2D eigenvalue weighted by atomic mass is 16.3. The summed E-state index contributed by atoms with van der Waals surface area (Å²) in [5.41, 5.74) is 1.30. The molecule has 1 aromatic rings. The van der Waals surface area contributed by atoms with E-state index in [2.05, 4.69) is 9.69 Å². The van der Waals surface area contributed by atoms with E-state index in [1.165, 1.54) is 0 Å². The third-order valence-electron chi connectivity index (χ3n) is 2.57. The number of hydrogen-bond donors (Lipinski definition) is 1. The van der Waals surface area contributed by atoms with Crippen LogP contribution in [0.15, 0.2) is 30.0 Å². The fraction of sp³-hybridized carbons (Fsp3) is 0.214. The summed E-state index contributed by atoms with van der Waals surface area (Å²) < 4.78 is 0. The van der Waals surface area contributed by atoms with Crippen molar-refractivity contribution in [3.63, 3.8) is 0 Å². The van der Waals surface area contributed by atoms with E-state index in [0.717, 1.165) is 5.69 Å². The highest BCUT2D eigenvalue weighted by Gasteiger charge is 2.10. The molecular formula is C14H12N4O. The number of likely N-dealkylation sites (N-methyl/N-ethyl adjacent to an activating group) is 1. The highest BCUT2D eigenvalue weighted by Crippen LogP contribution is 2.23. The second-order valence-electron chi connectivity index (χ2n) is 3.72. The van der Waals surface area contributed by atoms with E-state index in [4.69, 9.17) is 23.5 Å². The quantitative estimate of drug-likeness (QED) is 0.660. The van der Waals surface area contributed by atoms with Gasteiger partial charge in [-0.2, -0.15) is 0 Å². The van der Waals surface area contributed by atoms with Crippen LogP contribution in [-0.4, -0.2) is 25.3 Å². The molecule has 0 saturated heterocycles. The van der Waals surface area contributed by atoms with Crippen LogP contribution in [0.2, 0.25) is 0 Å². The average Bonchev–Trinajstić information content (AvgIpc) is 2.45. The zero-order valence-electron chi connectivity index (χ0n) is 10.5. The summed E-state index contributed by atoms with van der Waals surface area (Å²) in [5, 5.41) is 17.7. The molecule has 0 atom stereocenters. The molecule has 5 nitrogen and oxygen atoms in total. The van der Waals surface area contributed by atoms with Crippen LogP contribution < -0.4 is 4.90 Å². The number of rotatable bonds is 4. The van der Waals surface area contributed by atoms with E-state index in [0.29, 0.717) is 12.1 Å². The molecule has 1 rings (SSSR count). The highest BCUT2D eigenvalue weighted by molar-refractivity contribution is 5.78. The van der Waals surface area contributed by atoms with Crippen molar-refractivity contribution in [2.24, 2.45) is 0 Å². The average molecular weight is 252 g/mol. The summed E-state index contributed by atoms with van der Waals surface area (Å²) in [6.45, 7) is 14.5. The minimum atomic E-state index is -0.202. The first-order valence-electron chi connectivity index (χ1n) is 5.49. The number of anilines is 1. The van der Waals surface area contributed by atoms with Gasteiger partial charge in [0.05, 0.1) is 25.8 Å². The maximum Gasteiger partial charge on any atom is 0.269 e. The second kappa shape index (κ2) is 6.81. The molecule has 0 spiro atoms. The number of hydrogen-bond acceptors (Lipinski definition) is 3. The summed E-state index contributed by atoms with van der Waals surface area (Å²) in [6, 6.07) is 8.69. The standard InChI is InChI=1S/C14H12N4O/c1-16-13(10-15)14(17-2)11-4-6-12(7-5-11)18(3)8-9-19/h4-7,19H,8-9H2,3H3/b14-13-. The molecule has 0 fully saturated rings. The predicted molar refractivity (Wildman–Crippen MR) is 72.5 cm³/mol. The third-order valence-corrected chi connectivity index (χ3v) is 2.57. The lowest BCUT2D eigenvalue weighted by Crippen LogP contribution is -2.20. The zero-order chi connectivity index (χ0) is 14.3. The van der Waals surface area contributed by atoms with Gasteiger partial charge >= 0.3 is 0 Å². The lowest BCUT2D eigenvalue weighted by atomic mass is 10.1. The Balaban J connectivity index is 3.13. The minimum absolute atomic E-state index is 0.0573. The molecule has 0 amide bonds. The molecule has 0 bridgehead atoms. The van der Waals surface area contributed by atoms with Gasteiger partial charge in [-0.1, -0.05) is 12.1 Å². The monoisotopic (exact) mass is 252 g/mol. The van der Waals surface area contributed by atoms with Gasteiger partial charge in [-0.3, -0.25) is 0 Å². The minimum Gasteiger partial charge on any atom is -0.395 e. The molecule has 19 heavy (non-hydrogen) atoms. The molecule has 0 unspecified atom stereocenters. The van der Waals surface area contributed by atoms with Crippen LogP contribution in [0.1, 0.15) is 5.56 Å². The third kappa shape index (κ3) is 3.33. The summed E-state index contributed by atoms with van der Waals surface area (Å²) >= 11 is 0. The van der Waals surface area contributed by atoms with Crippen LogP contribution in [0.5, 0.6) is 0 Å². The molecule has 1 aromatic carbocycles. The summed E-state index contributed by atoms with van der Waals surface area (Å²) in [5.74, 6) is 0. The van der Waals surface area contributed by atoms with Gasteiger partial charge in [0.25, 0.3) is 5.70 Å². The summed E-state index contributed by atoms with van der Waals surface area (Å²) in [6.07, 6.45) is 0. The van der Waals surface area contributed by atoms with Crippen LogP contribution in [-0.2, 0) is 0 Å². The maximum atomic E-state index is 8.86. The van der Waals surface area contributed by atoms with Crippen LogP contribution in [0.25, 0.3) is 15.4 Å². The SMILES string of the molecule is [C-]#[N+]/C(C#N)=C(\[N+]#[C-])c1ccc(N(C)CCO)cc1. The number of nitrogens with zero attached hydrogens (tertiary/aromatic N) is 4. The van der Waals surface area contributed by atoms with Crippen molar-refractivity contribution >= 4 is 11.4 Å². The molecular weight excluding hydrogens is 240 g/mol. The number of allylic oxidation sites excluding steroid dienone is 1. The van der Waals surface area contributed by atoms with Crippen molar-refractivity contribution in [1.82, 2.24) is 0 Å². The molecule has 0 radical (unpaired) electrons. The van der Waals surface area contributed by atoms with Gasteiger partial charge in [0, 0.05) is 19.3 Å². The van der Waals surface area contributed by atoms with Crippen LogP contribution >= 0.6 is 0 Å². The summed E-state index contributed by atoms with van der Waals surface area (Å²) in [7, 11) is 1.84. The van der Waals surface area contributed by atoms with Crippen LogP contribution in [0.4, 0.5) is 5.69 Å². The lowest BCUT2D eigenvalue weighted by Gasteiger charge is -2.18. The fourth-order valence-electron chi connectivity index (χ4n) is 1.54. The normalized spacial score (nSPS) is 10.7. The molecule has 0 saturated carbocycles. The Morgan fingerprint density at radius 2 is 1.95 bits per heavy atom. The van der Waals surface area contributed by atoms with E-state index < -0.39 is 0 Å². The van der Waals surface area contributed by atoms with Gasteiger partial charge in [0.1, 0.15) is 0 Å². The first-order chi connectivity index (χ1) is 9.17. The number of aliphatic hydroxyl groups is 1. The lowest BCUT2D eigenvalue weighted by molar-refractivity contribution is 0.304. The Kier molecular flexibility index (Phi) is 5.11. The predicted octanol–water partition coefficient (Wildman–Crippen LogP) is 2.15. The number of benzene rings is 1. The smallest absolute Gasteiger partial charge is 0.269 e. The van der Waals surface area contributed by atoms with Gasteiger partial charge < -0.3 is 10.0 Å². The molecule has 5 heteroatoms. The van der Waals surface area contributed by atoms with Crippen molar-refractivity contribution in [2.75, 3.05) is 25.1 Å². The number of nitriles is 1. The molecule has 0 heterocycles. The molecule has 0 aromatic heterocycles. The first-order valence-corrected chi connectivity index (χ1v) is 5.49. The van der Waals surface area contributed by atoms with Crippen LogP contribution in [0.3, 0.4) is 0 Å². The van der Waals surface area contributed by atoms with Gasteiger partial charge in [0.2, 0.25) is 5.70 Å². The van der Waals surface area contributed by atoms with Crippen molar-refractivity contribution in [1.29, 1.82) is 5.26 Å². The Bertz CT molecular complexity index is 580. The van der Waals surface area contributed by atoms with E-state index in [9.17, 15) is 0 Å². The van der Waals surface area contributed by atoms with E-state index in [1.54, 1.807) is 30.3 Å². The largest absolute Gasteiger partial charge is 0.395 e. The number of aliphatic hydroxyl groups excluding tert-OH is 1. The topological polar surface area (TPSA) is 56.0 Å². The second-order valence-corrected chi connectivity index (χ2v) is 3.72. The Labute approximate surface area is 112 Å². The van der Waals surface area contributed by atoms with Crippen LogP contribution in [0, 0.1) is 24.5 Å². The molecule has 1 N–H and O–H groups in total. The molecule has 94 valence electrons. The van der Waals surface area contributed by atoms with E-state index in [-0.39, 0.29) is 18.0 Å². The van der Waals surface area contributed by atoms with Crippen molar-refractivity contribution in [3.8, 4) is 6.07 Å². The Hall–Kier alpha value is -2.81. The van der Waals surface area contributed by atoms with Gasteiger partial charge in [-0.05, 0) is 17.7 Å². The molecule has 0 aliphatic rings. The Morgan fingerprint density at radius 1 is 1.32 bits per heavy atom. The van der Waals surface area contributed by atoms with Gasteiger partial charge in [0.15, 0.2) is 0 Å². The van der Waals surface area contributed by atoms with Crippen molar-refractivity contribution < 1.29 is 5.11 Å². The van der Waals surface area contributed by atoms with Crippen molar-refractivity contribution in [2.45, 2.75) is 0 Å². The molecule has 0 aliphatic carbocycles.